The van der Waals surface area contributed by atoms with Crippen LogP contribution in [0.3, 0.4) is 0 Å². The fourth-order valence-electron chi connectivity index (χ4n) is 2.56. The molecule has 0 spiro atoms. The second-order valence-electron chi connectivity index (χ2n) is 15.8. The lowest BCUT2D eigenvalue weighted by molar-refractivity contribution is -0.118. The van der Waals surface area contributed by atoms with Crippen molar-refractivity contribution in [2.75, 3.05) is 89.1 Å². The summed E-state index contributed by atoms with van der Waals surface area (Å²) in [4.78, 5) is 61.7. The van der Waals surface area contributed by atoms with Crippen molar-refractivity contribution in [1.82, 2.24) is 88.0 Å². The van der Waals surface area contributed by atoms with Crippen LogP contribution in [0.2, 0.25) is 0 Å². The quantitative estimate of drug-likeness (QED) is 0.0386. The van der Waals surface area contributed by atoms with Gasteiger partial charge in [-0.1, -0.05) is 6.92 Å². The van der Waals surface area contributed by atoms with Crippen molar-refractivity contribution in [1.29, 1.82) is 0 Å². The number of hydrogen-bond donors (Lipinski definition) is 17. The average molecular weight is 1650 g/mol. The van der Waals surface area contributed by atoms with Crippen LogP contribution in [0.4, 0.5) is 14.4 Å². The van der Waals surface area contributed by atoms with Crippen molar-refractivity contribution >= 4 is 206 Å². The summed E-state index contributed by atoms with van der Waals surface area (Å²) in [5.74, 6) is -0.141. The Kier molecular flexibility index (Phi) is 154. The van der Waals surface area contributed by atoms with Crippen molar-refractivity contribution in [2.45, 2.75) is 152 Å². The van der Waals surface area contributed by atoms with E-state index in [1.54, 1.807) is 108 Å². The minimum absolute atomic E-state index is 0.141. The molecule has 17 N–H and O–H groups in total. The molecule has 0 aromatic rings. The second-order valence-corrected chi connectivity index (χ2v) is 21.2. The summed E-state index contributed by atoms with van der Waals surface area (Å²) in [5.41, 5.74) is 19.5. The number of methoxy groups -OCH3 is 2. The van der Waals surface area contributed by atoms with Crippen LogP contribution in [0.1, 0.15) is 152 Å². The zero-order chi connectivity index (χ0) is 85.4. The van der Waals surface area contributed by atoms with Crippen molar-refractivity contribution < 1.29 is 54.5 Å². The molecule has 0 aliphatic carbocycles. The number of rotatable bonds is 23. The number of hydrogen-bond acceptors (Lipinski definition) is 29. The fraction of sp³-hybridized carbons (Fsp3) is 0.625. The Hall–Kier alpha value is -8.79. The molecule has 50 heteroatoms. The SMILES string of the molecule is C/C=N/NC(=O)NC.C/C=N/NC(=O)NCC.C/C=N/NC(=O)OC.C/C=N/NC(C)=O.C/C=N/NS(=O)NC.C/C=N/NS(=O)NCC.C/C=N/NS(=O)OC.C/C=N/NS(C)=O.C/C=N/OC.CC=NC.CC=NCC.CCNC(=S)NN=C(C)C.CNC(=S)NN=C(C)C.COC(=S)NN=C(C)C. The maximum atomic E-state index is 10.6. The Bertz CT molecular complexity index is 2370. The molecule has 0 saturated heterocycles. The van der Waals surface area contributed by atoms with E-state index < -0.39 is 50.7 Å². The Balaban J connectivity index is -0.0000000720. The first-order valence-electron chi connectivity index (χ1n) is 30.8. The number of nitrogens with zero attached hydrogens (tertiary/aromatic N) is 14. The molecule has 0 aromatic heterocycles. The summed E-state index contributed by atoms with van der Waals surface area (Å²) in [6.07, 6.45) is 18.2. The molecule has 0 radical (unpaired) electrons. The topological polar surface area (TPSA) is 551 Å². The lowest BCUT2D eigenvalue weighted by Gasteiger charge is -2.02. The highest BCUT2D eigenvalue weighted by Crippen LogP contribution is 1.76. The highest BCUT2D eigenvalue weighted by molar-refractivity contribution is 7.82. The molecule has 0 bridgehead atoms. The Morgan fingerprint density at radius 3 is 1.10 bits per heavy atom. The molecule has 0 rings (SSSR count). The van der Waals surface area contributed by atoms with E-state index in [2.05, 4.69) is 190 Å². The molecule has 0 saturated carbocycles. The van der Waals surface area contributed by atoms with Gasteiger partial charge >= 0.3 is 18.2 Å². The molecular weight excluding hydrogens is 1520 g/mol. The first-order valence-corrected chi connectivity index (χ1v) is 37.0. The number of urea groups is 2. The summed E-state index contributed by atoms with van der Waals surface area (Å²) in [6, 6.07) is -0.571. The van der Waals surface area contributed by atoms with Crippen LogP contribution in [0.15, 0.2) is 71.3 Å². The smallest absolute Gasteiger partial charge is 0.427 e. The van der Waals surface area contributed by atoms with Gasteiger partial charge in [0.15, 0.2) is 10.2 Å². The van der Waals surface area contributed by atoms with Gasteiger partial charge in [0.05, 0.1) is 21.3 Å². The van der Waals surface area contributed by atoms with Gasteiger partial charge < -0.3 is 40.6 Å². The summed E-state index contributed by atoms with van der Waals surface area (Å²) in [6.45, 7) is 42.9. The predicted octanol–water partition coefficient (Wildman–Crippen LogP) is 4.23. The van der Waals surface area contributed by atoms with E-state index in [0.717, 1.165) is 30.2 Å². The molecule has 4 atom stereocenters. The lowest BCUT2D eigenvalue weighted by Crippen LogP contribution is -2.31. The molecule has 106 heavy (non-hydrogen) atoms. The number of nitrogens with one attached hydrogen (secondary N) is 17. The third kappa shape index (κ3) is 205. The van der Waals surface area contributed by atoms with Crippen LogP contribution < -0.4 is 88.0 Å². The van der Waals surface area contributed by atoms with Crippen molar-refractivity contribution in [2.24, 2.45) is 71.3 Å². The van der Waals surface area contributed by atoms with E-state index in [1.165, 1.54) is 92.2 Å². The maximum Gasteiger partial charge on any atom is 0.427 e. The van der Waals surface area contributed by atoms with Gasteiger partial charge in [-0.3, -0.25) is 24.8 Å². The first kappa shape index (κ1) is 130. The van der Waals surface area contributed by atoms with Crippen molar-refractivity contribution in [3.05, 3.63) is 0 Å². The van der Waals surface area contributed by atoms with Gasteiger partial charge in [0.1, 0.15) is 18.1 Å². The zero-order valence-corrected chi connectivity index (χ0v) is 73.4. The van der Waals surface area contributed by atoms with E-state index >= 15 is 0 Å². The molecule has 0 aromatic carbocycles. The van der Waals surface area contributed by atoms with Gasteiger partial charge in [0.25, 0.3) is 16.4 Å². The monoisotopic (exact) mass is 1650 g/mol. The van der Waals surface area contributed by atoms with E-state index in [-0.39, 0.29) is 23.1 Å². The zero-order valence-electron chi connectivity index (χ0n) is 67.7. The van der Waals surface area contributed by atoms with Gasteiger partial charge in [0.2, 0.25) is 28.3 Å². The van der Waals surface area contributed by atoms with Crippen LogP contribution in [0.5, 0.6) is 0 Å². The van der Waals surface area contributed by atoms with Gasteiger partial charge in [-0.05, 0) is 195 Å². The average Bonchev–Trinajstić information content (AvgIpc) is 2.35. The minimum Gasteiger partial charge on any atom is -0.473 e. The number of amides is 6. The first-order chi connectivity index (χ1) is 50.1. The number of oxime groups is 1. The Morgan fingerprint density at radius 2 is 0.830 bits per heavy atom. The molecular formula is C56H129N31O12S7. The summed E-state index contributed by atoms with van der Waals surface area (Å²) in [5, 5.41) is 54.6. The molecule has 0 aliphatic rings. The number of thiocarbonyl (C=S) groups is 3. The molecule has 0 fully saturated rings. The Morgan fingerprint density at radius 1 is 0.434 bits per heavy atom. The van der Waals surface area contributed by atoms with Crippen molar-refractivity contribution in [3.8, 4) is 0 Å². The third-order valence-corrected chi connectivity index (χ3v) is 9.57. The summed E-state index contributed by atoms with van der Waals surface area (Å²) in [7, 11) is 11.2. The second kappa shape index (κ2) is 126. The number of aliphatic imine (C=N–C) groups is 2. The van der Waals surface area contributed by atoms with Crippen LogP contribution in [0.25, 0.3) is 0 Å². The number of carbonyl (C=O) groups is 4. The lowest BCUT2D eigenvalue weighted by atomic mass is 10.5. The van der Waals surface area contributed by atoms with E-state index in [0.29, 0.717) is 23.3 Å². The Labute approximate surface area is 657 Å². The van der Waals surface area contributed by atoms with Crippen LogP contribution in [-0.2, 0) is 67.9 Å². The van der Waals surface area contributed by atoms with E-state index in [9.17, 15) is 36.0 Å². The molecule has 6 amide bonds. The predicted molar refractivity (Wildman–Crippen MR) is 463 cm³/mol. The highest BCUT2D eigenvalue weighted by Gasteiger charge is 1.93. The number of ether oxygens (including phenoxy) is 2. The van der Waals surface area contributed by atoms with E-state index in [1.807, 2.05) is 83.1 Å². The standard InChI is InChI=1S/C6H13N3S.C5H11N3O.C5H11N3S.C5H10N2OS.C4H11N3OS.C4H9N3O.C4H8N2O2.C4H8N2O.C4H9N.C3H9N3OS.C3H8N2O2S.C3H8N2OS.C3H7NO.C3H7N/c1-4-7-6(10)9-8-5(2)3;1-3-6-5(9)8-7-4-2;1-4(2)7-8-5(9)6-3;1-4(2)6-7-5(9)8-3;1-3-5-7-9(8)6-4-2;1-3-6-7-4(8)5-2;1-3-5-6-4(7)8-2;1-3-5-6-4(2)7;1-3-5-4-2;1-3-5-6-8(7)4-2;1-3-4-5-8(6)7-2;1-3-4-5-7(2)6;1-3-4-5-2;1-3-4-2/h4H2,1-3H3,(H2,7,9,10);4H,3H2,1-2H3,(H2,6,8,9);1-3H3,(H2,6,8,9);1-3H3,(H,7,9);3,6-7H,4H2,1-2H3;3H,1-2H3,(H2,5,7,8);3H,1-2H3,(H,6,7);3H,1-2H3,(H,6,7);3H,4H2,1-2H3;3-4,6H,1-2H3;3,5H,1-2H3;3,5H,1-2H3;3H,1-2H3;3H,1-2H3/b;7-4+;;;5-3+;6-3+;2*5-3+;;5-3+;3*4-3+;. The van der Waals surface area contributed by atoms with Gasteiger partial charge in [-0.25, -0.2) is 87.1 Å². The highest BCUT2D eigenvalue weighted by atomic mass is 32.2. The minimum atomic E-state index is -1.47. The van der Waals surface area contributed by atoms with Gasteiger partial charge in [-0.15, -0.1) is 5.16 Å². The van der Waals surface area contributed by atoms with Crippen molar-refractivity contribution in [3.63, 3.8) is 0 Å². The number of carbonyl (C=O) groups excluding carboxylic acids is 4. The fourth-order valence-corrected chi connectivity index (χ4v) is 4.18. The molecule has 4 unspecified atom stereocenters. The molecule has 0 aliphatic heterocycles. The van der Waals surface area contributed by atoms with Crippen LogP contribution >= 0.6 is 36.7 Å². The largest absolute Gasteiger partial charge is 0.473 e. The molecule has 0 heterocycles. The number of hydrazone groups is 11. The summed E-state index contributed by atoms with van der Waals surface area (Å²) < 4.78 is 59.4. The molecule has 43 nitrogen and oxygen atoms in total. The third-order valence-electron chi connectivity index (χ3n) is 6.40. The summed E-state index contributed by atoms with van der Waals surface area (Å²) >= 11 is 10.3. The van der Waals surface area contributed by atoms with Crippen LogP contribution in [-0.4, -0.2) is 231 Å². The van der Waals surface area contributed by atoms with Crippen LogP contribution in [0, 0.1) is 0 Å². The van der Waals surface area contributed by atoms with Gasteiger partial charge in [-0.2, -0.15) is 56.1 Å². The molecule has 622 valence electrons. The normalized spacial score (nSPS) is 10.5. The van der Waals surface area contributed by atoms with Gasteiger partial charge in [0, 0.05) is 134 Å². The van der Waals surface area contributed by atoms with E-state index in [4.69, 9.17) is 24.4 Å². The maximum absolute atomic E-state index is 10.6.